The molecule has 1 aromatic rings. The number of hydrogen-bond acceptors (Lipinski definition) is 5. The third kappa shape index (κ3) is 5.14. The van der Waals surface area contributed by atoms with E-state index in [-0.39, 0.29) is 0 Å². The molecule has 5 nitrogen and oxygen atoms in total. The lowest BCUT2D eigenvalue weighted by molar-refractivity contribution is 0.412. The molecule has 0 saturated heterocycles. The Labute approximate surface area is 126 Å². The highest BCUT2D eigenvalue weighted by molar-refractivity contribution is 7.89. The first-order chi connectivity index (χ1) is 9.24. The van der Waals surface area contributed by atoms with Gasteiger partial charge in [-0.3, -0.25) is 0 Å². The largest absolute Gasteiger partial charge is 0.310 e. The second kappa shape index (κ2) is 7.51. The SMILES string of the molecule is Cc1csc(CNC(C)C)c1S(=O)(=O)NCCN(C)C. The molecular formula is C13H25N3O2S2. The zero-order valence-corrected chi connectivity index (χ0v) is 14.5. The van der Waals surface area contributed by atoms with Crippen molar-refractivity contribution in [3.63, 3.8) is 0 Å². The molecule has 1 heterocycles. The summed E-state index contributed by atoms with van der Waals surface area (Å²) in [6.45, 7) is 7.62. The topological polar surface area (TPSA) is 61.4 Å². The van der Waals surface area contributed by atoms with Gasteiger partial charge in [0.05, 0.1) is 0 Å². The number of likely N-dealkylation sites (N-methyl/N-ethyl adjacent to an activating group) is 1. The predicted octanol–water partition coefficient (Wildman–Crippen LogP) is 1.39. The van der Waals surface area contributed by atoms with Crippen LogP contribution in [0.15, 0.2) is 10.3 Å². The standard InChI is InChI=1S/C13H25N3O2S2/c1-10(2)14-8-12-13(11(3)9-19-12)20(17,18)15-6-7-16(4)5/h9-10,14-15H,6-8H2,1-5H3. The van der Waals surface area contributed by atoms with Crippen LogP contribution in [-0.4, -0.2) is 46.5 Å². The Balaban J connectivity index is 2.85. The van der Waals surface area contributed by atoms with Gasteiger partial charge in [0.1, 0.15) is 4.90 Å². The van der Waals surface area contributed by atoms with Crippen LogP contribution in [0.5, 0.6) is 0 Å². The summed E-state index contributed by atoms with van der Waals surface area (Å²) in [5.41, 5.74) is 0.813. The Kier molecular flexibility index (Phi) is 6.60. The van der Waals surface area contributed by atoms with Crippen molar-refractivity contribution in [3.05, 3.63) is 15.8 Å². The van der Waals surface area contributed by atoms with Crippen molar-refractivity contribution in [1.82, 2.24) is 14.9 Å². The molecule has 0 aromatic carbocycles. The lowest BCUT2D eigenvalue weighted by atomic mass is 10.3. The maximum atomic E-state index is 12.4. The molecule has 0 aliphatic rings. The molecule has 1 rings (SSSR count). The summed E-state index contributed by atoms with van der Waals surface area (Å²) in [5.74, 6) is 0. The van der Waals surface area contributed by atoms with Crippen molar-refractivity contribution in [2.24, 2.45) is 0 Å². The van der Waals surface area contributed by atoms with Crippen LogP contribution in [-0.2, 0) is 16.6 Å². The number of nitrogens with one attached hydrogen (secondary N) is 2. The van der Waals surface area contributed by atoms with Crippen LogP contribution < -0.4 is 10.0 Å². The number of thiophene rings is 1. The third-order valence-electron chi connectivity index (χ3n) is 2.78. The van der Waals surface area contributed by atoms with E-state index < -0.39 is 10.0 Å². The van der Waals surface area contributed by atoms with Gasteiger partial charge in [-0.2, -0.15) is 0 Å². The summed E-state index contributed by atoms with van der Waals surface area (Å²) in [7, 11) is 0.409. The number of nitrogens with zero attached hydrogens (tertiary/aromatic N) is 1. The fraction of sp³-hybridized carbons (Fsp3) is 0.692. The minimum atomic E-state index is -3.43. The molecule has 20 heavy (non-hydrogen) atoms. The van der Waals surface area contributed by atoms with Crippen LogP contribution in [0.25, 0.3) is 0 Å². The van der Waals surface area contributed by atoms with Crippen LogP contribution in [0.3, 0.4) is 0 Å². The van der Waals surface area contributed by atoms with Gasteiger partial charge in [-0.25, -0.2) is 13.1 Å². The second-order valence-corrected chi connectivity index (χ2v) is 8.08. The maximum Gasteiger partial charge on any atom is 0.242 e. The van der Waals surface area contributed by atoms with Crippen LogP contribution in [0.2, 0.25) is 0 Å². The van der Waals surface area contributed by atoms with Gasteiger partial charge in [0, 0.05) is 30.6 Å². The molecule has 2 N–H and O–H groups in total. The van der Waals surface area contributed by atoms with Crippen molar-refractivity contribution < 1.29 is 8.42 Å². The molecule has 1 aromatic heterocycles. The Morgan fingerprint density at radius 2 is 2.00 bits per heavy atom. The molecule has 0 radical (unpaired) electrons. The number of sulfonamides is 1. The first kappa shape index (κ1) is 17.6. The van der Waals surface area contributed by atoms with Gasteiger partial charge >= 0.3 is 0 Å². The fourth-order valence-corrected chi connectivity index (χ4v) is 4.52. The van der Waals surface area contributed by atoms with E-state index in [0.29, 0.717) is 30.6 Å². The van der Waals surface area contributed by atoms with Crippen LogP contribution >= 0.6 is 11.3 Å². The third-order valence-corrected chi connectivity index (χ3v) is 5.70. The minimum absolute atomic E-state index is 0.328. The van der Waals surface area contributed by atoms with Gasteiger partial charge in [0.25, 0.3) is 0 Å². The van der Waals surface area contributed by atoms with E-state index in [2.05, 4.69) is 10.0 Å². The molecule has 0 unspecified atom stereocenters. The molecule has 0 saturated carbocycles. The molecule has 0 spiro atoms. The molecule has 116 valence electrons. The van der Waals surface area contributed by atoms with E-state index in [4.69, 9.17) is 0 Å². The number of rotatable bonds is 8. The highest BCUT2D eigenvalue weighted by atomic mass is 32.2. The van der Waals surface area contributed by atoms with Gasteiger partial charge in [0.15, 0.2) is 0 Å². The lowest BCUT2D eigenvalue weighted by Crippen LogP contribution is -2.32. The van der Waals surface area contributed by atoms with Crippen LogP contribution in [0.1, 0.15) is 24.3 Å². The van der Waals surface area contributed by atoms with E-state index in [1.54, 1.807) is 0 Å². The number of hydrogen-bond donors (Lipinski definition) is 2. The second-order valence-electron chi connectivity index (χ2n) is 5.41. The Hall–Kier alpha value is -0.470. The fourth-order valence-electron chi connectivity index (χ4n) is 1.74. The summed E-state index contributed by atoms with van der Waals surface area (Å²) in [6.07, 6.45) is 0. The van der Waals surface area contributed by atoms with Crippen molar-refractivity contribution in [2.45, 2.75) is 38.3 Å². The lowest BCUT2D eigenvalue weighted by Gasteiger charge is -2.13. The highest BCUT2D eigenvalue weighted by Gasteiger charge is 2.22. The van der Waals surface area contributed by atoms with Crippen molar-refractivity contribution in [3.8, 4) is 0 Å². The van der Waals surface area contributed by atoms with Gasteiger partial charge in [-0.1, -0.05) is 13.8 Å². The van der Waals surface area contributed by atoms with E-state index in [0.717, 1.165) is 10.4 Å². The summed E-state index contributed by atoms with van der Waals surface area (Å²) < 4.78 is 27.5. The van der Waals surface area contributed by atoms with Gasteiger partial charge < -0.3 is 10.2 Å². The Morgan fingerprint density at radius 3 is 2.55 bits per heavy atom. The summed E-state index contributed by atoms with van der Waals surface area (Å²) in [4.78, 5) is 3.26. The zero-order valence-electron chi connectivity index (χ0n) is 12.9. The molecule has 0 aliphatic carbocycles. The van der Waals surface area contributed by atoms with Crippen molar-refractivity contribution in [1.29, 1.82) is 0 Å². The van der Waals surface area contributed by atoms with Crippen molar-refractivity contribution in [2.75, 3.05) is 27.2 Å². The monoisotopic (exact) mass is 319 g/mol. The predicted molar refractivity (Wildman–Crippen MR) is 84.8 cm³/mol. The normalized spacial score (nSPS) is 12.6. The van der Waals surface area contributed by atoms with Crippen LogP contribution in [0.4, 0.5) is 0 Å². The van der Waals surface area contributed by atoms with Gasteiger partial charge in [-0.05, 0) is 32.0 Å². The Bertz CT molecular complexity index is 522. The first-order valence-electron chi connectivity index (χ1n) is 6.68. The molecule has 0 fully saturated rings. The highest BCUT2D eigenvalue weighted by Crippen LogP contribution is 2.26. The van der Waals surface area contributed by atoms with Gasteiger partial charge in [-0.15, -0.1) is 11.3 Å². The van der Waals surface area contributed by atoms with Crippen molar-refractivity contribution >= 4 is 21.4 Å². The molecule has 0 amide bonds. The smallest absolute Gasteiger partial charge is 0.242 e. The maximum absolute atomic E-state index is 12.4. The quantitative estimate of drug-likeness (QED) is 0.760. The van der Waals surface area contributed by atoms with E-state index >= 15 is 0 Å². The summed E-state index contributed by atoms with van der Waals surface area (Å²) >= 11 is 1.49. The number of aryl methyl sites for hydroxylation is 1. The molecule has 7 heteroatoms. The average Bonchev–Trinajstić information content (AvgIpc) is 2.67. The van der Waals surface area contributed by atoms with E-state index in [9.17, 15) is 8.42 Å². The average molecular weight is 319 g/mol. The Morgan fingerprint density at radius 1 is 1.35 bits per heavy atom. The summed E-state index contributed by atoms with van der Waals surface area (Å²) in [5, 5.41) is 5.17. The molecule has 0 bridgehead atoms. The zero-order chi connectivity index (χ0) is 15.3. The van der Waals surface area contributed by atoms with E-state index in [1.807, 2.05) is 45.1 Å². The molecule has 0 aliphatic heterocycles. The van der Waals surface area contributed by atoms with Gasteiger partial charge in [0.2, 0.25) is 10.0 Å². The first-order valence-corrected chi connectivity index (χ1v) is 9.05. The van der Waals surface area contributed by atoms with E-state index in [1.165, 1.54) is 11.3 Å². The molecule has 0 atom stereocenters. The summed E-state index contributed by atoms with van der Waals surface area (Å²) in [6, 6.07) is 0.328. The molecular weight excluding hydrogens is 294 g/mol. The minimum Gasteiger partial charge on any atom is -0.310 e. The van der Waals surface area contributed by atoms with Crippen LogP contribution in [0, 0.1) is 6.92 Å².